The Balaban J connectivity index is 2.63. The lowest BCUT2D eigenvalue weighted by Crippen LogP contribution is -2.00. The third kappa shape index (κ3) is 1.74. The lowest BCUT2D eigenvalue weighted by atomic mass is 10.1. The van der Waals surface area contributed by atoms with E-state index in [-0.39, 0.29) is 0 Å². The molecule has 0 atom stereocenters. The fraction of sp³-hybridized carbons (Fsp3) is 0.308. The van der Waals surface area contributed by atoms with Crippen LogP contribution >= 0.6 is 0 Å². The quantitative estimate of drug-likeness (QED) is 0.834. The average Bonchev–Trinajstić information content (AvgIpc) is 2.55. The van der Waals surface area contributed by atoms with Gasteiger partial charge in [-0.05, 0) is 19.9 Å². The van der Waals surface area contributed by atoms with Gasteiger partial charge in [0.1, 0.15) is 5.82 Å². The van der Waals surface area contributed by atoms with Crippen LogP contribution in [0.5, 0.6) is 0 Å². The van der Waals surface area contributed by atoms with E-state index in [0.29, 0.717) is 6.54 Å². The number of aryl methyl sites for hydroxylation is 2. The van der Waals surface area contributed by atoms with Crippen LogP contribution in [-0.4, -0.2) is 9.55 Å². The minimum atomic E-state index is 0.477. The Bertz CT molecular complexity index is 512. The molecule has 0 aliphatic heterocycles. The van der Waals surface area contributed by atoms with Crippen molar-refractivity contribution in [1.29, 1.82) is 0 Å². The fourth-order valence-electron chi connectivity index (χ4n) is 1.97. The van der Waals surface area contributed by atoms with Crippen LogP contribution in [0.2, 0.25) is 0 Å². The average molecular weight is 215 g/mol. The Labute approximate surface area is 95.9 Å². The van der Waals surface area contributed by atoms with E-state index in [1.165, 1.54) is 11.1 Å². The van der Waals surface area contributed by atoms with Crippen molar-refractivity contribution in [1.82, 2.24) is 9.55 Å². The molecule has 3 nitrogen and oxygen atoms in total. The van der Waals surface area contributed by atoms with Gasteiger partial charge in [-0.15, -0.1) is 0 Å². The molecule has 0 radical (unpaired) electrons. The van der Waals surface area contributed by atoms with E-state index in [4.69, 9.17) is 5.73 Å². The van der Waals surface area contributed by atoms with Gasteiger partial charge in [0.2, 0.25) is 0 Å². The first-order valence-corrected chi connectivity index (χ1v) is 5.42. The van der Waals surface area contributed by atoms with Crippen LogP contribution in [0.25, 0.3) is 11.3 Å². The number of benzene rings is 1. The molecule has 0 saturated carbocycles. The lowest BCUT2D eigenvalue weighted by molar-refractivity contribution is 0.865. The molecule has 0 aliphatic rings. The normalized spacial score (nSPS) is 10.8. The molecule has 0 amide bonds. The van der Waals surface area contributed by atoms with Gasteiger partial charge in [-0.25, -0.2) is 4.98 Å². The van der Waals surface area contributed by atoms with Crippen LogP contribution in [0.15, 0.2) is 24.3 Å². The van der Waals surface area contributed by atoms with Gasteiger partial charge in [-0.3, -0.25) is 0 Å². The second-order valence-corrected chi connectivity index (χ2v) is 4.09. The molecule has 0 saturated heterocycles. The summed E-state index contributed by atoms with van der Waals surface area (Å²) in [5.41, 5.74) is 10.3. The standard InChI is InChI=1S/C13H17N3/c1-9-5-4-6-11(7-9)13-12(8-14)15-10(2)16(13)3/h4-7H,8,14H2,1-3H3. The van der Waals surface area contributed by atoms with Crippen LogP contribution in [-0.2, 0) is 13.6 Å². The summed E-state index contributed by atoms with van der Waals surface area (Å²) < 4.78 is 2.09. The Morgan fingerprint density at radius 1 is 1.31 bits per heavy atom. The minimum absolute atomic E-state index is 0.477. The number of nitrogens with two attached hydrogens (primary N) is 1. The minimum Gasteiger partial charge on any atom is -0.331 e. The Hall–Kier alpha value is -1.61. The number of imidazole rings is 1. The molecule has 1 heterocycles. The maximum atomic E-state index is 5.73. The van der Waals surface area contributed by atoms with Gasteiger partial charge in [0.15, 0.2) is 0 Å². The van der Waals surface area contributed by atoms with Crippen molar-refractivity contribution in [3.8, 4) is 11.3 Å². The first kappa shape index (κ1) is 10.9. The summed E-state index contributed by atoms with van der Waals surface area (Å²) in [6, 6.07) is 8.42. The van der Waals surface area contributed by atoms with Crippen molar-refractivity contribution in [2.24, 2.45) is 12.8 Å². The molecule has 2 aromatic rings. The molecule has 0 unspecified atom stereocenters. The third-order valence-electron chi connectivity index (χ3n) is 2.88. The smallest absolute Gasteiger partial charge is 0.106 e. The second-order valence-electron chi connectivity index (χ2n) is 4.09. The Morgan fingerprint density at radius 2 is 2.06 bits per heavy atom. The van der Waals surface area contributed by atoms with Crippen LogP contribution in [0.1, 0.15) is 17.1 Å². The van der Waals surface area contributed by atoms with Gasteiger partial charge < -0.3 is 10.3 Å². The highest BCUT2D eigenvalue weighted by molar-refractivity contribution is 5.63. The van der Waals surface area contributed by atoms with E-state index >= 15 is 0 Å². The van der Waals surface area contributed by atoms with E-state index in [1.54, 1.807) is 0 Å². The SMILES string of the molecule is Cc1cccc(-c2c(CN)nc(C)n2C)c1. The summed E-state index contributed by atoms with van der Waals surface area (Å²) in [6.45, 7) is 4.57. The highest BCUT2D eigenvalue weighted by atomic mass is 15.1. The van der Waals surface area contributed by atoms with Crippen LogP contribution < -0.4 is 5.73 Å². The maximum absolute atomic E-state index is 5.73. The molecule has 1 aromatic carbocycles. The van der Waals surface area contributed by atoms with Gasteiger partial charge >= 0.3 is 0 Å². The van der Waals surface area contributed by atoms with Gasteiger partial charge in [0, 0.05) is 19.2 Å². The molecular weight excluding hydrogens is 198 g/mol. The molecule has 0 bridgehead atoms. The number of hydrogen-bond acceptors (Lipinski definition) is 2. The number of nitrogens with zero attached hydrogens (tertiary/aromatic N) is 2. The number of hydrogen-bond donors (Lipinski definition) is 1. The molecule has 3 heteroatoms. The highest BCUT2D eigenvalue weighted by Crippen LogP contribution is 2.24. The van der Waals surface area contributed by atoms with Crippen LogP contribution in [0.3, 0.4) is 0 Å². The van der Waals surface area contributed by atoms with Crippen molar-refractivity contribution in [2.75, 3.05) is 0 Å². The molecule has 0 fully saturated rings. The van der Waals surface area contributed by atoms with Crippen molar-refractivity contribution < 1.29 is 0 Å². The summed E-state index contributed by atoms with van der Waals surface area (Å²) >= 11 is 0. The van der Waals surface area contributed by atoms with Gasteiger partial charge in [0.05, 0.1) is 11.4 Å². The van der Waals surface area contributed by atoms with E-state index in [9.17, 15) is 0 Å². The molecule has 2 rings (SSSR count). The second kappa shape index (κ2) is 4.10. The van der Waals surface area contributed by atoms with E-state index < -0.39 is 0 Å². The summed E-state index contributed by atoms with van der Waals surface area (Å²) in [7, 11) is 2.03. The van der Waals surface area contributed by atoms with Crippen LogP contribution in [0, 0.1) is 13.8 Å². The predicted molar refractivity (Wildman–Crippen MR) is 66.0 cm³/mol. The van der Waals surface area contributed by atoms with E-state index in [1.807, 2.05) is 14.0 Å². The van der Waals surface area contributed by atoms with Crippen molar-refractivity contribution >= 4 is 0 Å². The van der Waals surface area contributed by atoms with Crippen LogP contribution in [0.4, 0.5) is 0 Å². The first-order valence-electron chi connectivity index (χ1n) is 5.42. The Kier molecular flexibility index (Phi) is 2.79. The van der Waals surface area contributed by atoms with Crippen molar-refractivity contribution in [3.05, 3.63) is 41.3 Å². The van der Waals surface area contributed by atoms with E-state index in [2.05, 4.69) is 40.7 Å². The van der Waals surface area contributed by atoms with E-state index in [0.717, 1.165) is 17.2 Å². The third-order valence-corrected chi connectivity index (χ3v) is 2.88. The van der Waals surface area contributed by atoms with Gasteiger partial charge in [0.25, 0.3) is 0 Å². The summed E-state index contributed by atoms with van der Waals surface area (Å²) in [5.74, 6) is 0.997. The maximum Gasteiger partial charge on any atom is 0.106 e. The molecule has 16 heavy (non-hydrogen) atoms. The number of rotatable bonds is 2. The molecular formula is C13H17N3. The largest absolute Gasteiger partial charge is 0.331 e. The van der Waals surface area contributed by atoms with Crippen molar-refractivity contribution in [3.63, 3.8) is 0 Å². The monoisotopic (exact) mass is 215 g/mol. The summed E-state index contributed by atoms with van der Waals surface area (Å²) in [4.78, 5) is 4.47. The molecule has 0 aliphatic carbocycles. The zero-order valence-electron chi connectivity index (χ0n) is 9.99. The summed E-state index contributed by atoms with van der Waals surface area (Å²) in [5, 5.41) is 0. The fourth-order valence-corrected chi connectivity index (χ4v) is 1.97. The molecule has 84 valence electrons. The van der Waals surface area contributed by atoms with Gasteiger partial charge in [-0.1, -0.05) is 23.8 Å². The van der Waals surface area contributed by atoms with Gasteiger partial charge in [-0.2, -0.15) is 0 Å². The molecule has 2 N–H and O–H groups in total. The summed E-state index contributed by atoms with van der Waals surface area (Å²) in [6.07, 6.45) is 0. The zero-order chi connectivity index (χ0) is 11.7. The van der Waals surface area contributed by atoms with Crippen molar-refractivity contribution in [2.45, 2.75) is 20.4 Å². The molecule has 0 spiro atoms. The number of aromatic nitrogens is 2. The zero-order valence-corrected chi connectivity index (χ0v) is 9.99. The lowest BCUT2D eigenvalue weighted by Gasteiger charge is -2.06. The molecule has 1 aromatic heterocycles. The predicted octanol–water partition coefficient (Wildman–Crippen LogP) is 2.16. The highest BCUT2D eigenvalue weighted by Gasteiger charge is 2.12. The topological polar surface area (TPSA) is 43.8 Å². The Morgan fingerprint density at radius 3 is 2.69 bits per heavy atom. The first-order chi connectivity index (χ1) is 7.63.